The molecule has 4 aromatic rings. The standard InChI is InChI=1S/C47H57N5O8S2/c1-29(2)52-37-20-14-19-35(42-48-36(28-61-42)30-15-11-9-12-16-30)41(37)49-45(52)59-33-24-38-39(53)26-47(44(56)50-62(57,58)34-21-22-34)25-32(47)18-13-8-6-7-10-17-31(43(55)51(38)27-33)23-40(54)60-46(3,4)5/h9,11-16,18-20,28-29,31-34,38H,6-8,10,17,21-27H2,1-5H3,(H,50,56)/b18-13-/t31-,32+,33-,38+,47-/m1/s1. The summed E-state index contributed by atoms with van der Waals surface area (Å²) in [7, 11) is -3.86. The summed E-state index contributed by atoms with van der Waals surface area (Å²) < 4.78 is 42.8. The van der Waals surface area contributed by atoms with E-state index in [0.29, 0.717) is 43.6 Å². The van der Waals surface area contributed by atoms with E-state index < -0.39 is 56.2 Å². The molecule has 62 heavy (non-hydrogen) atoms. The number of ether oxygens (including phenoxy) is 2. The molecule has 13 nitrogen and oxygen atoms in total. The van der Waals surface area contributed by atoms with E-state index in [9.17, 15) is 27.6 Å². The Hall–Kier alpha value is -4.89. The zero-order chi connectivity index (χ0) is 44.0. The lowest BCUT2D eigenvalue weighted by Gasteiger charge is -2.29. The van der Waals surface area contributed by atoms with Crippen LogP contribution in [0.2, 0.25) is 0 Å². The summed E-state index contributed by atoms with van der Waals surface area (Å²) >= 11 is 1.53. The fourth-order valence-electron chi connectivity index (χ4n) is 9.04. The van der Waals surface area contributed by atoms with Crippen LogP contribution >= 0.6 is 11.3 Å². The van der Waals surface area contributed by atoms with Crippen LogP contribution in [0.4, 0.5) is 0 Å². The number of rotatable bonds is 10. The Morgan fingerprint density at radius 2 is 1.77 bits per heavy atom. The van der Waals surface area contributed by atoms with Crippen molar-refractivity contribution in [3.05, 3.63) is 66.1 Å². The average Bonchev–Trinajstić information content (AvgIpc) is 4.03. The van der Waals surface area contributed by atoms with E-state index in [-0.39, 0.29) is 49.5 Å². The van der Waals surface area contributed by atoms with Gasteiger partial charge in [0.1, 0.15) is 22.2 Å². The number of carbonyl (C=O) groups excluding carboxylic acids is 4. The van der Waals surface area contributed by atoms with Crippen LogP contribution < -0.4 is 9.46 Å². The largest absolute Gasteiger partial charge is 0.460 e. The maximum Gasteiger partial charge on any atom is 0.307 e. The molecule has 330 valence electrons. The first-order valence-corrected chi connectivity index (χ1v) is 24.4. The number of ketones is 1. The van der Waals surface area contributed by atoms with Crippen LogP contribution in [0.15, 0.2) is 66.1 Å². The van der Waals surface area contributed by atoms with E-state index in [1.807, 2.05) is 84.5 Å². The molecule has 2 aromatic heterocycles. The number of nitrogens with one attached hydrogen (secondary N) is 1. The monoisotopic (exact) mass is 883 g/mol. The van der Waals surface area contributed by atoms with E-state index in [1.54, 1.807) is 20.8 Å². The van der Waals surface area contributed by atoms with Gasteiger partial charge in [0, 0.05) is 41.3 Å². The number of nitrogens with zero attached hydrogens (tertiary/aromatic N) is 4. The quantitative estimate of drug-likeness (QED) is 0.121. The highest BCUT2D eigenvalue weighted by Crippen LogP contribution is 2.57. The van der Waals surface area contributed by atoms with Crippen molar-refractivity contribution in [2.24, 2.45) is 17.3 Å². The lowest BCUT2D eigenvalue weighted by atomic mass is 9.90. The predicted octanol–water partition coefficient (Wildman–Crippen LogP) is 8.20. The zero-order valence-corrected chi connectivity index (χ0v) is 37.8. The Labute approximate surface area is 367 Å². The van der Waals surface area contributed by atoms with Crippen molar-refractivity contribution in [2.75, 3.05) is 6.54 Å². The summed E-state index contributed by atoms with van der Waals surface area (Å²) in [4.78, 5) is 68.4. The second-order valence-electron chi connectivity index (χ2n) is 18.8. The van der Waals surface area contributed by atoms with Gasteiger partial charge in [-0.1, -0.05) is 61.4 Å². The minimum Gasteiger partial charge on any atom is -0.460 e. The number of carbonyl (C=O) groups is 4. The number of fused-ring (bicyclic) bond motifs is 3. The van der Waals surface area contributed by atoms with Gasteiger partial charge in [0.05, 0.1) is 40.9 Å². The average molecular weight is 884 g/mol. The third-order valence-electron chi connectivity index (χ3n) is 12.4. The summed E-state index contributed by atoms with van der Waals surface area (Å²) in [5, 5.41) is 2.24. The van der Waals surface area contributed by atoms with E-state index >= 15 is 0 Å². The Morgan fingerprint density at radius 3 is 2.50 bits per heavy atom. The maximum absolute atomic E-state index is 14.8. The van der Waals surface area contributed by atoms with Gasteiger partial charge < -0.3 is 14.4 Å². The molecule has 1 saturated heterocycles. The van der Waals surface area contributed by atoms with Gasteiger partial charge >= 0.3 is 5.97 Å². The SMILES string of the molecule is CC(C)n1c(O[C@@H]2C[C@H]3C(=O)C[C@]4(C(=O)NS(=O)(=O)C5CC5)C[C@@H]4/C=C\CCCCC[C@H](CC(=O)OC(C)(C)C)C(=O)N3C2)nc2c(-c3nc(-c4ccccc4)cs3)cccc21. The number of thiazole rings is 1. The first-order chi connectivity index (χ1) is 29.5. The number of benzene rings is 2. The molecule has 8 rings (SSSR count). The summed E-state index contributed by atoms with van der Waals surface area (Å²) in [5.74, 6) is -2.89. The molecule has 4 heterocycles. The molecule has 0 unspecified atom stereocenters. The fourth-order valence-corrected chi connectivity index (χ4v) is 11.3. The topological polar surface area (TPSA) is 167 Å². The minimum absolute atomic E-state index is 0.0553. The number of esters is 1. The summed E-state index contributed by atoms with van der Waals surface area (Å²) in [6, 6.07) is 15.2. The van der Waals surface area contributed by atoms with Gasteiger partial charge in [-0.2, -0.15) is 4.98 Å². The van der Waals surface area contributed by atoms with Gasteiger partial charge in [0.25, 0.3) is 6.01 Å². The number of sulfonamides is 1. The molecular formula is C47H57N5O8S2. The Balaban J connectivity index is 1.12. The van der Waals surface area contributed by atoms with Crippen molar-refractivity contribution < 1.29 is 37.1 Å². The van der Waals surface area contributed by atoms with Crippen molar-refractivity contribution >= 4 is 56.0 Å². The number of hydrogen-bond donors (Lipinski definition) is 1. The lowest BCUT2D eigenvalue weighted by Crippen LogP contribution is -2.46. The molecule has 0 spiro atoms. The van der Waals surface area contributed by atoms with Crippen LogP contribution in [0.1, 0.15) is 111 Å². The third-order valence-corrected chi connectivity index (χ3v) is 15.1. The second-order valence-corrected chi connectivity index (χ2v) is 21.6. The highest BCUT2D eigenvalue weighted by Gasteiger charge is 2.61. The molecule has 1 N–H and O–H groups in total. The zero-order valence-electron chi connectivity index (χ0n) is 36.2. The first kappa shape index (κ1) is 43.7. The van der Waals surface area contributed by atoms with Crippen molar-refractivity contribution in [1.29, 1.82) is 0 Å². The molecule has 15 heteroatoms. The van der Waals surface area contributed by atoms with E-state index in [4.69, 9.17) is 19.4 Å². The molecule has 2 aliphatic carbocycles. The van der Waals surface area contributed by atoms with Gasteiger partial charge in [-0.05, 0) is 91.2 Å². The molecule has 2 amide bonds. The van der Waals surface area contributed by atoms with Gasteiger partial charge in [-0.15, -0.1) is 11.3 Å². The molecule has 2 aliphatic heterocycles. The minimum atomic E-state index is -3.86. The maximum atomic E-state index is 14.8. The van der Waals surface area contributed by atoms with Crippen LogP contribution in [0.5, 0.6) is 6.01 Å². The normalized spacial score (nSPS) is 25.4. The van der Waals surface area contributed by atoms with Gasteiger partial charge in [0.2, 0.25) is 21.8 Å². The highest BCUT2D eigenvalue weighted by molar-refractivity contribution is 7.90. The number of para-hydroxylation sites is 1. The number of Topliss-reactive ketones (excluding diaryl/α,β-unsaturated/α-hetero) is 1. The molecule has 2 aromatic carbocycles. The predicted molar refractivity (Wildman–Crippen MR) is 238 cm³/mol. The van der Waals surface area contributed by atoms with Crippen molar-refractivity contribution in [3.8, 4) is 27.8 Å². The molecule has 0 radical (unpaired) electrons. The number of imidazole rings is 1. The van der Waals surface area contributed by atoms with Gasteiger partial charge in [-0.25, -0.2) is 13.4 Å². The molecule has 4 aliphatic rings. The van der Waals surface area contributed by atoms with Crippen LogP contribution in [-0.2, 0) is 33.9 Å². The lowest BCUT2D eigenvalue weighted by molar-refractivity contribution is -0.159. The van der Waals surface area contributed by atoms with Crippen molar-refractivity contribution in [1.82, 2.24) is 24.2 Å². The van der Waals surface area contributed by atoms with E-state index in [2.05, 4.69) is 4.72 Å². The fraction of sp³-hybridized carbons (Fsp3) is 0.532. The summed E-state index contributed by atoms with van der Waals surface area (Å²) in [5.41, 5.74) is 2.31. The molecule has 3 fully saturated rings. The van der Waals surface area contributed by atoms with Crippen LogP contribution in [-0.4, -0.2) is 81.0 Å². The van der Waals surface area contributed by atoms with E-state index in [0.717, 1.165) is 46.6 Å². The smallest absolute Gasteiger partial charge is 0.307 e. The van der Waals surface area contributed by atoms with Crippen molar-refractivity contribution in [3.63, 3.8) is 0 Å². The highest BCUT2D eigenvalue weighted by atomic mass is 32.2. The number of amides is 2. The van der Waals surface area contributed by atoms with Crippen LogP contribution in [0.25, 0.3) is 32.9 Å². The Bertz CT molecular complexity index is 2480. The molecule has 2 saturated carbocycles. The summed E-state index contributed by atoms with van der Waals surface area (Å²) in [6.07, 6.45) is 7.89. The number of aromatic nitrogens is 3. The third kappa shape index (κ3) is 9.39. The van der Waals surface area contributed by atoms with E-state index in [1.165, 1.54) is 16.2 Å². The number of allylic oxidation sites excluding steroid dienone is 2. The van der Waals surface area contributed by atoms with Crippen LogP contribution in [0, 0.1) is 17.3 Å². The number of hydrogen-bond acceptors (Lipinski definition) is 11. The Kier molecular flexibility index (Phi) is 12.2. The molecule has 0 bridgehead atoms. The summed E-state index contributed by atoms with van der Waals surface area (Å²) in [6.45, 7) is 9.49. The molecule has 5 atom stereocenters. The second kappa shape index (κ2) is 17.3. The van der Waals surface area contributed by atoms with Gasteiger partial charge in [-0.3, -0.25) is 28.5 Å². The van der Waals surface area contributed by atoms with Crippen molar-refractivity contribution in [2.45, 2.75) is 134 Å². The Morgan fingerprint density at radius 1 is 1.00 bits per heavy atom. The molecular weight excluding hydrogens is 827 g/mol. The first-order valence-electron chi connectivity index (χ1n) is 22.0. The van der Waals surface area contributed by atoms with Crippen LogP contribution in [0.3, 0.4) is 0 Å². The van der Waals surface area contributed by atoms with Gasteiger partial charge in [0.15, 0.2) is 5.78 Å².